The van der Waals surface area contributed by atoms with Crippen molar-refractivity contribution in [3.63, 3.8) is 0 Å². The second-order valence-corrected chi connectivity index (χ2v) is 11.6. The third kappa shape index (κ3) is 5.58. The van der Waals surface area contributed by atoms with Gasteiger partial charge in [0.1, 0.15) is 11.6 Å². The van der Waals surface area contributed by atoms with Gasteiger partial charge in [0.25, 0.3) is 15.2 Å². The molecule has 194 valence electrons. The fraction of sp³-hybridized carbons (Fsp3) is 0.480. The summed E-state index contributed by atoms with van der Waals surface area (Å²) in [5.74, 6) is 0.771. The number of nitrogens with zero attached hydrogens (tertiary/aromatic N) is 5. The molecule has 1 saturated heterocycles. The van der Waals surface area contributed by atoms with Crippen LogP contribution in [0.2, 0.25) is 0 Å². The van der Waals surface area contributed by atoms with Crippen molar-refractivity contribution in [2.24, 2.45) is 5.92 Å². The Hall–Kier alpha value is -2.89. The topological polar surface area (TPSA) is 104 Å². The van der Waals surface area contributed by atoms with Crippen LogP contribution in [-0.4, -0.2) is 78.6 Å². The van der Waals surface area contributed by atoms with Gasteiger partial charge in [0.2, 0.25) is 5.88 Å². The first-order valence-corrected chi connectivity index (χ1v) is 13.4. The Bertz CT molecular complexity index is 1330. The van der Waals surface area contributed by atoms with E-state index < -0.39 is 10.0 Å². The molecular formula is C25H33FN6O3S. The Morgan fingerprint density at radius 3 is 2.75 bits per heavy atom. The van der Waals surface area contributed by atoms with Crippen LogP contribution < -0.4 is 4.74 Å². The van der Waals surface area contributed by atoms with Gasteiger partial charge in [-0.2, -0.15) is 4.31 Å². The van der Waals surface area contributed by atoms with Gasteiger partial charge in [-0.25, -0.2) is 22.8 Å². The van der Waals surface area contributed by atoms with Gasteiger partial charge in [-0.05, 0) is 72.8 Å². The quantitative estimate of drug-likeness (QED) is 0.465. The Morgan fingerprint density at radius 2 is 2.06 bits per heavy atom. The summed E-state index contributed by atoms with van der Waals surface area (Å²) in [6, 6.07) is 6.53. The van der Waals surface area contributed by atoms with Crippen LogP contribution in [0.4, 0.5) is 4.39 Å². The second-order valence-electron chi connectivity index (χ2n) is 9.78. The summed E-state index contributed by atoms with van der Waals surface area (Å²) in [5.41, 5.74) is 3.07. The maximum absolute atomic E-state index is 14.6. The van der Waals surface area contributed by atoms with Crippen molar-refractivity contribution >= 4 is 10.0 Å². The van der Waals surface area contributed by atoms with Crippen LogP contribution in [0.1, 0.15) is 43.1 Å². The predicted octanol–water partition coefficient (Wildman–Crippen LogP) is 3.30. The van der Waals surface area contributed by atoms with Gasteiger partial charge in [0.05, 0.1) is 7.11 Å². The molecule has 1 unspecified atom stereocenters. The summed E-state index contributed by atoms with van der Waals surface area (Å²) in [4.78, 5) is 10.6. The van der Waals surface area contributed by atoms with Crippen molar-refractivity contribution in [3.05, 3.63) is 53.2 Å². The monoisotopic (exact) mass is 516 g/mol. The van der Waals surface area contributed by atoms with Gasteiger partial charge in [-0.3, -0.25) is 5.10 Å². The van der Waals surface area contributed by atoms with E-state index in [0.717, 1.165) is 29.7 Å². The molecular weight excluding hydrogens is 483 g/mol. The molecule has 11 heteroatoms. The molecule has 1 fully saturated rings. The first-order chi connectivity index (χ1) is 17.1. The molecule has 0 radical (unpaired) electrons. The molecule has 0 bridgehead atoms. The lowest BCUT2D eigenvalue weighted by Gasteiger charge is -2.18. The molecule has 3 aromatic rings. The number of hydrogen-bond acceptors (Lipinski definition) is 7. The fourth-order valence-electron chi connectivity index (χ4n) is 4.75. The number of rotatable bonds is 9. The van der Waals surface area contributed by atoms with Crippen molar-refractivity contribution in [1.82, 2.24) is 29.4 Å². The van der Waals surface area contributed by atoms with Crippen LogP contribution in [0.5, 0.6) is 5.88 Å². The molecule has 3 heterocycles. The maximum atomic E-state index is 14.6. The molecule has 1 aliphatic heterocycles. The summed E-state index contributed by atoms with van der Waals surface area (Å²) in [6.07, 6.45) is 2.68. The number of pyridine rings is 1. The summed E-state index contributed by atoms with van der Waals surface area (Å²) in [5, 5.41) is 6.63. The van der Waals surface area contributed by atoms with E-state index in [1.54, 1.807) is 18.3 Å². The van der Waals surface area contributed by atoms with E-state index in [9.17, 15) is 12.8 Å². The Morgan fingerprint density at radius 1 is 1.28 bits per heavy atom. The van der Waals surface area contributed by atoms with Crippen LogP contribution in [-0.2, 0) is 16.4 Å². The van der Waals surface area contributed by atoms with E-state index in [-0.39, 0.29) is 29.2 Å². The SMILES string of the molecule is COc1cc(-c2cc(F)cc(C(C)C)c2Cc2nc(S(=O)(=O)N3CCC(CN(C)C)C3)n[nH]2)ccn1. The minimum Gasteiger partial charge on any atom is -0.481 e. The zero-order valence-corrected chi connectivity index (χ0v) is 22.1. The fourth-order valence-corrected chi connectivity index (χ4v) is 6.12. The number of sulfonamides is 1. The Kier molecular flexibility index (Phi) is 7.72. The molecule has 0 spiro atoms. The van der Waals surface area contributed by atoms with Crippen LogP contribution in [0.15, 0.2) is 35.6 Å². The lowest BCUT2D eigenvalue weighted by Crippen LogP contribution is -2.31. The van der Waals surface area contributed by atoms with Gasteiger partial charge < -0.3 is 9.64 Å². The number of aromatic amines is 1. The zero-order valence-electron chi connectivity index (χ0n) is 21.3. The second kappa shape index (κ2) is 10.6. The highest BCUT2D eigenvalue weighted by Gasteiger charge is 2.35. The summed E-state index contributed by atoms with van der Waals surface area (Å²) < 4.78 is 47.8. The van der Waals surface area contributed by atoms with Crippen LogP contribution in [0.25, 0.3) is 11.1 Å². The minimum absolute atomic E-state index is 0.0301. The third-order valence-corrected chi connectivity index (χ3v) is 8.08. The van der Waals surface area contributed by atoms with Crippen molar-refractivity contribution in [2.45, 2.75) is 37.8 Å². The molecule has 1 atom stereocenters. The third-order valence-electron chi connectivity index (χ3n) is 6.42. The number of aromatic nitrogens is 4. The van der Waals surface area contributed by atoms with E-state index in [0.29, 0.717) is 30.4 Å². The summed E-state index contributed by atoms with van der Waals surface area (Å²) in [7, 11) is 1.68. The molecule has 0 aliphatic carbocycles. The molecule has 36 heavy (non-hydrogen) atoms. The largest absolute Gasteiger partial charge is 0.481 e. The first-order valence-electron chi connectivity index (χ1n) is 12.0. The number of hydrogen-bond donors (Lipinski definition) is 1. The van der Waals surface area contributed by atoms with E-state index >= 15 is 0 Å². The van der Waals surface area contributed by atoms with Crippen LogP contribution in [0, 0.1) is 11.7 Å². The number of ether oxygens (including phenoxy) is 1. The molecule has 9 nitrogen and oxygen atoms in total. The highest BCUT2D eigenvalue weighted by molar-refractivity contribution is 7.89. The van der Waals surface area contributed by atoms with E-state index in [1.165, 1.54) is 23.5 Å². The van der Waals surface area contributed by atoms with E-state index in [2.05, 4.69) is 25.1 Å². The number of benzene rings is 1. The van der Waals surface area contributed by atoms with Crippen LogP contribution >= 0.6 is 0 Å². The van der Waals surface area contributed by atoms with Crippen molar-refractivity contribution in [3.8, 4) is 17.0 Å². The zero-order chi connectivity index (χ0) is 26.0. The number of H-pyrrole nitrogens is 1. The van der Waals surface area contributed by atoms with Gasteiger partial charge in [-0.15, -0.1) is 5.10 Å². The molecule has 0 saturated carbocycles. The maximum Gasteiger partial charge on any atom is 0.282 e. The summed E-state index contributed by atoms with van der Waals surface area (Å²) in [6.45, 7) is 5.71. The molecule has 1 aromatic carbocycles. The van der Waals surface area contributed by atoms with Crippen LogP contribution in [0.3, 0.4) is 0 Å². The molecule has 0 amide bonds. The van der Waals surface area contributed by atoms with Gasteiger partial charge in [0.15, 0.2) is 0 Å². The van der Waals surface area contributed by atoms with Crippen molar-refractivity contribution in [2.75, 3.05) is 40.8 Å². The molecule has 1 N–H and O–H groups in total. The molecule has 4 rings (SSSR count). The molecule has 1 aliphatic rings. The van der Waals surface area contributed by atoms with Crippen molar-refractivity contribution in [1.29, 1.82) is 0 Å². The van der Waals surface area contributed by atoms with Gasteiger partial charge in [0, 0.05) is 38.3 Å². The standard InChI is InChI=1S/C25H33FN6O3S/c1-16(2)20-11-19(26)12-21(18-6-8-27-24(10-18)35-5)22(20)13-23-28-25(30-29-23)36(33,34)32-9-7-17(15-32)14-31(3)4/h6,8,10-12,16-17H,7,9,13-15H2,1-5H3,(H,28,29,30). The van der Waals surface area contributed by atoms with E-state index in [1.807, 2.05) is 27.9 Å². The number of methoxy groups -OCH3 is 1. The first kappa shape index (κ1) is 26.2. The van der Waals surface area contributed by atoms with Gasteiger partial charge in [-0.1, -0.05) is 13.8 Å². The number of halogens is 1. The highest BCUT2D eigenvalue weighted by Crippen LogP contribution is 2.34. The number of nitrogens with one attached hydrogen (secondary N) is 1. The van der Waals surface area contributed by atoms with E-state index in [4.69, 9.17) is 4.74 Å². The lowest BCUT2D eigenvalue weighted by molar-refractivity contribution is 0.329. The average Bonchev–Trinajstić information content (AvgIpc) is 3.50. The highest BCUT2D eigenvalue weighted by atomic mass is 32.2. The van der Waals surface area contributed by atoms with Gasteiger partial charge >= 0.3 is 0 Å². The smallest absolute Gasteiger partial charge is 0.282 e. The molecule has 2 aromatic heterocycles. The normalized spacial score (nSPS) is 16.8. The van der Waals surface area contributed by atoms with Crippen molar-refractivity contribution < 1.29 is 17.5 Å². The minimum atomic E-state index is -3.81. The predicted molar refractivity (Wildman–Crippen MR) is 135 cm³/mol. The lowest BCUT2D eigenvalue weighted by atomic mass is 9.88. The Labute approximate surface area is 211 Å². The summed E-state index contributed by atoms with van der Waals surface area (Å²) >= 11 is 0. The Balaban J connectivity index is 1.66. The average molecular weight is 517 g/mol.